The van der Waals surface area contributed by atoms with Crippen molar-refractivity contribution < 1.29 is 28.8 Å². The number of aliphatic imine (C=N–C) groups is 1. The molecule has 10 nitrogen and oxygen atoms in total. The lowest BCUT2D eigenvalue weighted by Crippen LogP contribution is -2.42. The van der Waals surface area contributed by atoms with Crippen LogP contribution in [0.2, 0.25) is 5.02 Å². The van der Waals surface area contributed by atoms with Crippen molar-refractivity contribution in [2.24, 2.45) is 4.99 Å². The van der Waals surface area contributed by atoms with Crippen LogP contribution in [0.5, 0.6) is 0 Å². The molecular weight excluding hydrogens is 370 g/mol. The lowest BCUT2D eigenvalue weighted by Gasteiger charge is -2.08. The molecule has 0 fully saturated rings. The molecule has 0 unspecified atom stereocenters. The van der Waals surface area contributed by atoms with Gasteiger partial charge in [0, 0.05) is 11.1 Å². The van der Waals surface area contributed by atoms with E-state index in [4.69, 9.17) is 16.3 Å². The Labute approximate surface area is 153 Å². The highest BCUT2D eigenvalue weighted by Crippen LogP contribution is 2.23. The Balaban J connectivity index is 3.10. The molecule has 1 aromatic rings. The SMILES string of the molecule is CCOC(=O)C(=O)NC(=NCc1cc(Cl)ccc1[N+](=O)[O-])C(=O)OCC. The van der Waals surface area contributed by atoms with Crippen LogP contribution in [0.15, 0.2) is 23.2 Å². The van der Waals surface area contributed by atoms with Gasteiger partial charge in [-0.1, -0.05) is 11.6 Å². The van der Waals surface area contributed by atoms with Crippen LogP contribution >= 0.6 is 11.6 Å². The average molecular weight is 386 g/mol. The summed E-state index contributed by atoms with van der Waals surface area (Å²) in [6.07, 6.45) is 0. The minimum absolute atomic E-state index is 0.00948. The molecule has 0 saturated carbocycles. The number of nitrogens with zero attached hydrogens (tertiary/aromatic N) is 2. The van der Waals surface area contributed by atoms with Crippen molar-refractivity contribution in [2.75, 3.05) is 13.2 Å². The lowest BCUT2D eigenvalue weighted by atomic mass is 10.2. The summed E-state index contributed by atoms with van der Waals surface area (Å²) >= 11 is 5.82. The van der Waals surface area contributed by atoms with Gasteiger partial charge < -0.3 is 9.47 Å². The van der Waals surface area contributed by atoms with Gasteiger partial charge in [0.2, 0.25) is 5.84 Å². The molecule has 0 aliphatic carbocycles. The Hall–Kier alpha value is -3.01. The summed E-state index contributed by atoms with van der Waals surface area (Å²) in [4.78, 5) is 49.2. The number of hydrogen-bond donors (Lipinski definition) is 1. The van der Waals surface area contributed by atoms with Crippen molar-refractivity contribution in [1.29, 1.82) is 0 Å². The van der Waals surface area contributed by atoms with Gasteiger partial charge in [-0.2, -0.15) is 0 Å². The van der Waals surface area contributed by atoms with Crippen LogP contribution in [0, 0.1) is 10.1 Å². The molecule has 0 aliphatic heterocycles. The summed E-state index contributed by atoms with van der Waals surface area (Å²) in [5, 5.41) is 13.3. The third-order valence-corrected chi connectivity index (χ3v) is 3.04. The number of nitro benzene ring substituents is 1. The van der Waals surface area contributed by atoms with Gasteiger partial charge in [0.1, 0.15) is 0 Å². The number of hydrogen-bond acceptors (Lipinski definition) is 8. The molecule has 0 aliphatic rings. The Kier molecular flexibility index (Phi) is 8.16. The van der Waals surface area contributed by atoms with Crippen molar-refractivity contribution >= 4 is 41.0 Å². The maximum absolute atomic E-state index is 11.9. The number of esters is 2. The molecule has 1 rings (SSSR count). The molecule has 0 heterocycles. The van der Waals surface area contributed by atoms with E-state index in [1.165, 1.54) is 32.0 Å². The van der Waals surface area contributed by atoms with Gasteiger partial charge in [0.05, 0.1) is 30.2 Å². The van der Waals surface area contributed by atoms with Crippen LogP contribution in [0.3, 0.4) is 0 Å². The molecule has 0 atom stereocenters. The van der Waals surface area contributed by atoms with Crippen LogP contribution in [0.1, 0.15) is 19.4 Å². The highest BCUT2D eigenvalue weighted by Gasteiger charge is 2.22. The summed E-state index contributed by atoms with van der Waals surface area (Å²) in [7, 11) is 0. The van der Waals surface area contributed by atoms with Gasteiger partial charge >= 0.3 is 17.8 Å². The lowest BCUT2D eigenvalue weighted by molar-refractivity contribution is -0.385. The van der Waals surface area contributed by atoms with Crippen LogP contribution in [0.4, 0.5) is 5.69 Å². The second-order valence-electron chi connectivity index (χ2n) is 4.59. The summed E-state index contributed by atoms with van der Waals surface area (Å²) in [6, 6.07) is 3.83. The van der Waals surface area contributed by atoms with Crippen LogP contribution in [0.25, 0.3) is 0 Å². The number of carbonyl (C=O) groups is 3. The van der Waals surface area contributed by atoms with E-state index in [-0.39, 0.29) is 36.0 Å². The molecule has 1 aromatic carbocycles. The van der Waals surface area contributed by atoms with Crippen LogP contribution in [-0.4, -0.2) is 41.8 Å². The van der Waals surface area contributed by atoms with E-state index in [0.29, 0.717) is 0 Å². The number of nitro groups is 1. The molecule has 1 amide bonds. The van der Waals surface area contributed by atoms with E-state index in [0.717, 1.165) is 0 Å². The number of amides is 1. The molecular formula is C15H16ClN3O7. The molecule has 0 bridgehead atoms. The third kappa shape index (κ3) is 6.13. The van der Waals surface area contributed by atoms with Gasteiger partial charge in [-0.15, -0.1) is 0 Å². The molecule has 0 radical (unpaired) electrons. The summed E-state index contributed by atoms with van der Waals surface area (Å²) in [5.74, 6) is -4.02. The molecule has 0 saturated heterocycles. The number of ether oxygens (including phenoxy) is 2. The van der Waals surface area contributed by atoms with E-state index < -0.39 is 28.6 Å². The molecule has 0 aromatic heterocycles. The number of amidine groups is 1. The quantitative estimate of drug-likeness (QED) is 0.202. The van der Waals surface area contributed by atoms with Crippen LogP contribution < -0.4 is 5.32 Å². The second-order valence-corrected chi connectivity index (χ2v) is 5.03. The zero-order valence-corrected chi connectivity index (χ0v) is 14.7. The maximum atomic E-state index is 11.9. The number of halogens is 1. The van der Waals surface area contributed by atoms with Crippen molar-refractivity contribution in [2.45, 2.75) is 20.4 Å². The van der Waals surface area contributed by atoms with Crippen molar-refractivity contribution in [1.82, 2.24) is 5.32 Å². The van der Waals surface area contributed by atoms with E-state index in [9.17, 15) is 24.5 Å². The Bertz CT molecular complexity index is 749. The molecule has 140 valence electrons. The van der Waals surface area contributed by atoms with E-state index in [1.54, 1.807) is 0 Å². The first kappa shape index (κ1) is 21.0. The van der Waals surface area contributed by atoms with Crippen molar-refractivity contribution in [3.05, 3.63) is 38.9 Å². The van der Waals surface area contributed by atoms with Gasteiger partial charge in [0.15, 0.2) is 0 Å². The molecule has 1 N–H and O–H groups in total. The summed E-state index contributed by atoms with van der Waals surface area (Å²) in [5.41, 5.74) is -0.159. The summed E-state index contributed by atoms with van der Waals surface area (Å²) < 4.78 is 9.25. The third-order valence-electron chi connectivity index (χ3n) is 2.81. The standard InChI is InChI=1S/C15H16ClN3O7/c1-3-25-14(21)12(18-13(20)15(22)26-4-2)17-8-9-7-10(16)5-6-11(9)19(23)24/h5-7H,3-4,8H2,1-2H3,(H,17,18,20). The maximum Gasteiger partial charge on any atom is 0.397 e. The van der Waals surface area contributed by atoms with E-state index >= 15 is 0 Å². The topological polar surface area (TPSA) is 137 Å². The van der Waals surface area contributed by atoms with Gasteiger partial charge in [0.25, 0.3) is 5.69 Å². The first-order valence-corrected chi connectivity index (χ1v) is 7.80. The number of rotatable bonds is 5. The number of benzene rings is 1. The fourth-order valence-corrected chi connectivity index (χ4v) is 1.93. The smallest absolute Gasteiger partial charge is 0.397 e. The molecule has 26 heavy (non-hydrogen) atoms. The predicted molar refractivity (Wildman–Crippen MR) is 90.7 cm³/mol. The zero-order chi connectivity index (χ0) is 19.7. The largest absolute Gasteiger partial charge is 0.460 e. The van der Waals surface area contributed by atoms with Crippen molar-refractivity contribution in [3.63, 3.8) is 0 Å². The molecule has 11 heteroatoms. The Morgan fingerprint density at radius 2 is 1.81 bits per heavy atom. The minimum Gasteiger partial charge on any atom is -0.460 e. The van der Waals surface area contributed by atoms with Crippen LogP contribution in [-0.2, 0) is 30.4 Å². The average Bonchev–Trinajstić information content (AvgIpc) is 2.58. The fourth-order valence-electron chi connectivity index (χ4n) is 1.73. The van der Waals surface area contributed by atoms with Gasteiger partial charge in [-0.05, 0) is 26.0 Å². The minimum atomic E-state index is -1.22. The van der Waals surface area contributed by atoms with Gasteiger partial charge in [-0.3, -0.25) is 25.2 Å². The van der Waals surface area contributed by atoms with E-state index in [1.807, 2.05) is 5.32 Å². The summed E-state index contributed by atoms with van der Waals surface area (Å²) in [6.45, 7) is 2.64. The first-order chi connectivity index (χ1) is 12.3. The monoisotopic (exact) mass is 385 g/mol. The fraction of sp³-hybridized carbons (Fsp3) is 0.333. The highest BCUT2D eigenvalue weighted by atomic mass is 35.5. The second kappa shape index (κ2) is 10.1. The van der Waals surface area contributed by atoms with Crippen molar-refractivity contribution in [3.8, 4) is 0 Å². The zero-order valence-electron chi connectivity index (χ0n) is 14.0. The molecule has 0 spiro atoms. The highest BCUT2D eigenvalue weighted by molar-refractivity contribution is 6.45. The normalized spacial score (nSPS) is 10.8. The Morgan fingerprint density at radius 3 is 2.38 bits per heavy atom. The number of carbonyl (C=O) groups excluding carboxylic acids is 3. The number of nitrogens with one attached hydrogen (secondary N) is 1. The first-order valence-electron chi connectivity index (χ1n) is 7.42. The Morgan fingerprint density at radius 1 is 1.19 bits per heavy atom. The van der Waals surface area contributed by atoms with E-state index in [2.05, 4.69) is 9.73 Å². The van der Waals surface area contributed by atoms with Gasteiger partial charge in [-0.25, -0.2) is 9.59 Å². The predicted octanol–water partition coefficient (Wildman–Crippen LogP) is 1.39.